The molecule has 0 bridgehead atoms. The second-order valence-electron chi connectivity index (χ2n) is 5.86. The third-order valence-electron chi connectivity index (χ3n) is 3.99. The molecule has 4 nitrogen and oxygen atoms in total. The SMILES string of the molecule is Nc1ccc(CCOC(CCc2cccs2)Cn2ccnc2)cc1. The molecule has 0 radical (unpaired) electrons. The Morgan fingerprint density at radius 2 is 2.04 bits per heavy atom. The van der Waals surface area contributed by atoms with Crippen LogP contribution < -0.4 is 5.73 Å². The molecule has 2 N–H and O–H groups in total. The molecule has 3 aromatic rings. The van der Waals surface area contributed by atoms with E-state index < -0.39 is 0 Å². The third kappa shape index (κ3) is 5.22. The van der Waals surface area contributed by atoms with E-state index in [-0.39, 0.29) is 6.10 Å². The molecular weight excluding hydrogens is 318 g/mol. The van der Waals surface area contributed by atoms with Crippen molar-refractivity contribution >= 4 is 17.0 Å². The summed E-state index contributed by atoms with van der Waals surface area (Å²) in [6, 6.07) is 12.3. The van der Waals surface area contributed by atoms with Crippen molar-refractivity contribution < 1.29 is 4.74 Å². The van der Waals surface area contributed by atoms with Crippen molar-refractivity contribution in [1.29, 1.82) is 0 Å². The van der Waals surface area contributed by atoms with Gasteiger partial charge in [-0.3, -0.25) is 0 Å². The lowest BCUT2D eigenvalue weighted by atomic mass is 10.1. The van der Waals surface area contributed by atoms with Crippen LogP contribution in [0.2, 0.25) is 0 Å². The van der Waals surface area contributed by atoms with E-state index in [1.54, 1.807) is 0 Å². The van der Waals surface area contributed by atoms with Gasteiger partial charge in [-0.25, -0.2) is 4.98 Å². The van der Waals surface area contributed by atoms with Gasteiger partial charge in [0.15, 0.2) is 0 Å². The smallest absolute Gasteiger partial charge is 0.0946 e. The van der Waals surface area contributed by atoms with Crippen molar-refractivity contribution in [2.24, 2.45) is 0 Å². The van der Waals surface area contributed by atoms with Crippen LogP contribution in [0.15, 0.2) is 60.5 Å². The highest BCUT2D eigenvalue weighted by Gasteiger charge is 2.11. The van der Waals surface area contributed by atoms with Gasteiger partial charge in [0.05, 0.1) is 19.0 Å². The fraction of sp³-hybridized carbons (Fsp3) is 0.316. The van der Waals surface area contributed by atoms with Crippen LogP contribution in [0.4, 0.5) is 5.69 Å². The number of hydrogen-bond acceptors (Lipinski definition) is 4. The number of aromatic nitrogens is 2. The lowest BCUT2D eigenvalue weighted by molar-refractivity contribution is 0.0380. The van der Waals surface area contributed by atoms with Crippen molar-refractivity contribution in [3.8, 4) is 0 Å². The average Bonchev–Trinajstić information content (AvgIpc) is 3.28. The molecule has 0 saturated heterocycles. The Hall–Kier alpha value is -2.11. The molecule has 0 aliphatic rings. The van der Waals surface area contributed by atoms with Gasteiger partial charge in [-0.1, -0.05) is 18.2 Å². The van der Waals surface area contributed by atoms with Gasteiger partial charge in [-0.05, 0) is 48.4 Å². The number of imidazole rings is 1. The maximum atomic E-state index is 6.17. The van der Waals surface area contributed by atoms with Crippen molar-refractivity contribution in [1.82, 2.24) is 9.55 Å². The molecule has 2 heterocycles. The number of hydrogen-bond donors (Lipinski definition) is 1. The maximum absolute atomic E-state index is 6.17. The van der Waals surface area contributed by atoms with Gasteiger partial charge in [-0.15, -0.1) is 11.3 Å². The lowest BCUT2D eigenvalue weighted by Crippen LogP contribution is -2.21. The van der Waals surface area contributed by atoms with Crippen molar-refractivity contribution in [3.63, 3.8) is 0 Å². The van der Waals surface area contributed by atoms with Crippen molar-refractivity contribution in [3.05, 3.63) is 70.9 Å². The number of aryl methyl sites for hydroxylation is 1. The van der Waals surface area contributed by atoms with Crippen LogP contribution in [0, 0.1) is 0 Å². The van der Waals surface area contributed by atoms with Crippen LogP contribution in [0.25, 0.3) is 0 Å². The summed E-state index contributed by atoms with van der Waals surface area (Å²) in [7, 11) is 0. The summed E-state index contributed by atoms with van der Waals surface area (Å²) in [4.78, 5) is 5.53. The number of nitrogens with zero attached hydrogens (tertiary/aromatic N) is 2. The van der Waals surface area contributed by atoms with Crippen LogP contribution >= 0.6 is 11.3 Å². The first-order chi connectivity index (χ1) is 11.8. The van der Waals surface area contributed by atoms with E-state index in [0.29, 0.717) is 6.61 Å². The molecule has 1 atom stereocenters. The first-order valence-electron chi connectivity index (χ1n) is 8.24. The van der Waals surface area contributed by atoms with E-state index in [0.717, 1.165) is 31.5 Å². The van der Waals surface area contributed by atoms with E-state index in [9.17, 15) is 0 Å². The highest BCUT2D eigenvalue weighted by atomic mass is 32.1. The molecule has 2 aromatic heterocycles. The first kappa shape index (κ1) is 16.7. The van der Waals surface area contributed by atoms with E-state index in [4.69, 9.17) is 10.5 Å². The summed E-state index contributed by atoms with van der Waals surface area (Å²) in [5, 5.41) is 2.13. The molecule has 126 valence electrons. The summed E-state index contributed by atoms with van der Waals surface area (Å²) in [6.07, 6.45) is 8.81. The van der Waals surface area contributed by atoms with Crippen LogP contribution in [0.5, 0.6) is 0 Å². The number of nitrogen functional groups attached to an aromatic ring is 1. The number of nitrogens with two attached hydrogens (primary N) is 1. The molecule has 3 rings (SSSR count). The molecule has 24 heavy (non-hydrogen) atoms. The van der Waals surface area contributed by atoms with Gasteiger partial charge in [0.25, 0.3) is 0 Å². The van der Waals surface area contributed by atoms with Crippen LogP contribution in [0.1, 0.15) is 16.9 Å². The van der Waals surface area contributed by atoms with Gasteiger partial charge >= 0.3 is 0 Å². The molecule has 0 amide bonds. The van der Waals surface area contributed by atoms with Gasteiger partial charge in [0.1, 0.15) is 0 Å². The molecule has 1 aromatic carbocycles. The normalized spacial score (nSPS) is 12.3. The zero-order valence-corrected chi connectivity index (χ0v) is 14.5. The summed E-state index contributed by atoms with van der Waals surface area (Å²) in [5.41, 5.74) is 7.78. The molecule has 5 heteroatoms. The largest absolute Gasteiger partial charge is 0.399 e. The minimum absolute atomic E-state index is 0.190. The Bertz CT molecular complexity index is 693. The fourth-order valence-electron chi connectivity index (χ4n) is 2.64. The lowest BCUT2D eigenvalue weighted by Gasteiger charge is -2.18. The molecule has 1 unspecified atom stereocenters. The number of benzene rings is 1. The van der Waals surface area contributed by atoms with Crippen molar-refractivity contribution in [2.75, 3.05) is 12.3 Å². The highest BCUT2D eigenvalue weighted by Crippen LogP contribution is 2.15. The van der Waals surface area contributed by atoms with E-state index in [2.05, 4.69) is 39.2 Å². The highest BCUT2D eigenvalue weighted by molar-refractivity contribution is 7.09. The monoisotopic (exact) mass is 341 g/mol. The molecule has 0 saturated carbocycles. The first-order valence-corrected chi connectivity index (χ1v) is 9.12. The van der Waals surface area contributed by atoms with Gasteiger partial charge < -0.3 is 15.0 Å². The van der Waals surface area contributed by atoms with E-state index in [1.165, 1.54) is 10.4 Å². The summed E-state index contributed by atoms with van der Waals surface area (Å²) < 4.78 is 8.26. The van der Waals surface area contributed by atoms with E-state index in [1.807, 2.05) is 42.2 Å². The second-order valence-corrected chi connectivity index (χ2v) is 6.89. The minimum atomic E-state index is 0.190. The molecule has 0 aliphatic heterocycles. The standard InChI is InChI=1S/C19H23N3OS/c20-17-5-3-16(4-6-17)9-12-23-18(14-22-11-10-21-15-22)7-8-19-2-1-13-24-19/h1-6,10-11,13,15,18H,7-9,12,14,20H2. The molecular formula is C19H23N3OS. The van der Waals surface area contributed by atoms with Gasteiger partial charge in [-0.2, -0.15) is 0 Å². The number of anilines is 1. The predicted octanol–water partition coefficient (Wildman–Crippen LogP) is 3.79. The Morgan fingerprint density at radius 1 is 1.17 bits per heavy atom. The molecule has 0 aliphatic carbocycles. The third-order valence-corrected chi connectivity index (χ3v) is 4.93. The minimum Gasteiger partial charge on any atom is -0.399 e. The molecule has 0 fully saturated rings. The average molecular weight is 341 g/mol. The zero-order chi connectivity index (χ0) is 16.6. The topological polar surface area (TPSA) is 53.1 Å². The van der Waals surface area contributed by atoms with Gasteiger partial charge in [0.2, 0.25) is 0 Å². The summed E-state index contributed by atoms with van der Waals surface area (Å²) >= 11 is 1.81. The molecule has 0 spiro atoms. The Labute approximate surface area is 146 Å². The summed E-state index contributed by atoms with van der Waals surface area (Å²) in [6.45, 7) is 1.56. The van der Waals surface area contributed by atoms with Crippen LogP contribution in [-0.4, -0.2) is 22.3 Å². The number of ether oxygens (including phenoxy) is 1. The fourth-order valence-corrected chi connectivity index (χ4v) is 3.37. The van der Waals surface area contributed by atoms with Gasteiger partial charge in [0, 0.05) is 29.5 Å². The Morgan fingerprint density at radius 3 is 2.75 bits per heavy atom. The quantitative estimate of drug-likeness (QED) is 0.603. The Kier molecular flexibility index (Phi) is 6.04. The number of rotatable bonds is 9. The zero-order valence-electron chi connectivity index (χ0n) is 13.7. The van der Waals surface area contributed by atoms with E-state index >= 15 is 0 Å². The summed E-state index contributed by atoms with van der Waals surface area (Å²) in [5.74, 6) is 0. The van der Waals surface area contributed by atoms with Crippen LogP contribution in [0.3, 0.4) is 0 Å². The van der Waals surface area contributed by atoms with Crippen LogP contribution in [-0.2, 0) is 24.1 Å². The predicted molar refractivity (Wildman–Crippen MR) is 99.2 cm³/mol. The second kappa shape index (κ2) is 8.66. The maximum Gasteiger partial charge on any atom is 0.0946 e. The Balaban J connectivity index is 1.51. The number of thiophene rings is 1. The van der Waals surface area contributed by atoms with Crippen molar-refractivity contribution in [2.45, 2.75) is 31.9 Å².